The number of hydrogen-bond acceptors (Lipinski definition) is 6. The summed E-state index contributed by atoms with van der Waals surface area (Å²) < 4.78 is 6.50. The van der Waals surface area contributed by atoms with Gasteiger partial charge in [-0.25, -0.2) is 4.98 Å². The van der Waals surface area contributed by atoms with E-state index in [9.17, 15) is 0 Å². The second-order valence-corrected chi connectivity index (χ2v) is 25.0. The third-order valence-corrected chi connectivity index (χ3v) is 16.0. The Kier molecular flexibility index (Phi) is 69.9. The van der Waals surface area contributed by atoms with E-state index in [2.05, 4.69) is 288 Å². The maximum atomic E-state index is 5.72. The van der Waals surface area contributed by atoms with Crippen LogP contribution < -0.4 is 16.0 Å². The molecule has 0 unspecified atom stereocenters. The number of thiazole rings is 1. The molecule has 5 aromatic carbocycles. The van der Waals surface area contributed by atoms with Gasteiger partial charge in [0.15, 0.2) is 10.2 Å². The van der Waals surface area contributed by atoms with E-state index in [0.29, 0.717) is 17.2 Å². The SMILES string of the molecule is BrCc1cccc(I)c1.CN(Cc1cccc(I)c1)C1CC1.Ic1cccc(CN(c2nccs2)C2CC2)c1.Ic1cccc(CNC2CC2)c1.NC(=S)N(Cc1cccc(I)c1)C1CC1.[V].[V].[V].[V].[V].[V].[V].[V].[V].[V].[V].[Y]. The summed E-state index contributed by atoms with van der Waals surface area (Å²) in [4.78, 5) is 11.5. The van der Waals surface area contributed by atoms with Crippen molar-refractivity contribution in [1.29, 1.82) is 0 Å². The first kappa shape index (κ1) is 98.4. The predicted octanol–water partition coefficient (Wildman–Crippen LogP) is 15.0. The van der Waals surface area contributed by atoms with Crippen molar-refractivity contribution in [3.05, 3.63) is 179 Å². The van der Waals surface area contributed by atoms with Crippen LogP contribution in [0.25, 0.3) is 0 Å². The van der Waals surface area contributed by atoms with Gasteiger partial charge in [-0.05, 0) is 272 Å². The molecule has 0 spiro atoms. The summed E-state index contributed by atoms with van der Waals surface area (Å²) in [5, 5.41) is 8.18. The van der Waals surface area contributed by atoms with Gasteiger partial charge >= 0.3 is 0 Å². The third kappa shape index (κ3) is 42.0. The summed E-state index contributed by atoms with van der Waals surface area (Å²) in [5.41, 5.74) is 12.5. The Balaban J connectivity index is -0.000000157. The van der Waals surface area contributed by atoms with Crippen LogP contribution in [0.4, 0.5) is 5.13 Å². The van der Waals surface area contributed by atoms with Crippen LogP contribution in [0.15, 0.2) is 133 Å². The van der Waals surface area contributed by atoms with Crippen molar-refractivity contribution in [3.8, 4) is 0 Å². The first-order chi connectivity index (χ1) is 31.9. The minimum absolute atomic E-state index is 0. The summed E-state index contributed by atoms with van der Waals surface area (Å²) in [7, 11) is 2.22. The average Bonchev–Trinajstić information content (AvgIpc) is 4.08. The molecule has 26 heteroatoms. The van der Waals surface area contributed by atoms with Crippen LogP contribution >= 0.6 is 152 Å². The number of benzene rings is 5. The molecule has 0 saturated heterocycles. The largest absolute Gasteiger partial charge is 0.376 e. The molecule has 12 radical (unpaired) electrons. The number of rotatable bonds is 14. The smallest absolute Gasteiger partial charge is 0.185 e. The van der Waals surface area contributed by atoms with Gasteiger partial charge in [0.2, 0.25) is 0 Å². The molecule has 4 aliphatic rings. The summed E-state index contributed by atoms with van der Waals surface area (Å²) in [6.45, 7) is 3.95. The Morgan fingerprint density at radius 2 is 0.923 bits per heavy atom. The Bertz CT molecular complexity index is 2450. The van der Waals surface area contributed by atoms with Crippen molar-refractivity contribution in [1.82, 2.24) is 20.1 Å². The maximum absolute atomic E-state index is 5.72. The van der Waals surface area contributed by atoms with E-state index in [1.165, 1.54) is 97.0 Å². The Morgan fingerprint density at radius 1 is 0.551 bits per heavy atom. The molecule has 0 amide bonds. The van der Waals surface area contributed by atoms with Gasteiger partial charge in [-0.2, -0.15) is 0 Å². The van der Waals surface area contributed by atoms with E-state index in [1.54, 1.807) is 11.3 Å². The molecule has 4 aliphatic carbocycles. The molecule has 1 aromatic heterocycles. The molecule has 4 saturated carbocycles. The number of alkyl halides is 1. The zero-order valence-electron chi connectivity index (χ0n) is 42.7. The minimum atomic E-state index is 0. The zero-order chi connectivity index (χ0) is 46.8. The fraction of sp³-hybridized carbons (Fsp3) is 0.346. The number of aromatic nitrogens is 1. The average molecular weight is 2190 g/mol. The van der Waals surface area contributed by atoms with Crippen LogP contribution in [0, 0.1) is 17.9 Å². The summed E-state index contributed by atoms with van der Waals surface area (Å²) >= 11 is 21.9. The Hall–Kier alpha value is 6.80. The second kappa shape index (κ2) is 55.4. The quantitative estimate of drug-likeness (QED) is 0.0640. The molecule has 3 N–H and O–H groups in total. The molecule has 0 aliphatic heterocycles. The van der Waals surface area contributed by atoms with Gasteiger partial charge < -0.3 is 20.9 Å². The molecule has 78 heavy (non-hydrogen) atoms. The minimum Gasteiger partial charge on any atom is -0.376 e. The fourth-order valence-electron chi connectivity index (χ4n) is 6.92. The van der Waals surface area contributed by atoms with Gasteiger partial charge in [0.05, 0.1) is 0 Å². The van der Waals surface area contributed by atoms with Crippen LogP contribution in [0.5, 0.6) is 0 Å². The van der Waals surface area contributed by atoms with E-state index in [0.717, 1.165) is 48.7 Å². The van der Waals surface area contributed by atoms with Crippen LogP contribution in [-0.2, 0) is 268 Å². The molecule has 408 valence electrons. The molecule has 6 aromatic rings. The molecular formula is C52H58BrI5N6S2V11Y. The van der Waals surface area contributed by atoms with Crippen LogP contribution in [-0.4, -0.2) is 51.1 Å². The zero-order valence-corrected chi connectivity index (χ0v) is 74.9. The normalized spacial score (nSPS) is 12.5. The topological polar surface area (TPSA) is 60.7 Å². The molecule has 6 nitrogen and oxygen atoms in total. The van der Waals surface area contributed by atoms with E-state index < -0.39 is 0 Å². The second-order valence-electron chi connectivity index (χ2n) is 17.0. The van der Waals surface area contributed by atoms with E-state index in [-0.39, 0.29) is 237 Å². The van der Waals surface area contributed by atoms with Gasteiger partial charge in [0.1, 0.15) is 0 Å². The van der Waals surface area contributed by atoms with Crippen molar-refractivity contribution in [2.24, 2.45) is 5.73 Å². The van der Waals surface area contributed by atoms with E-state index >= 15 is 0 Å². The van der Waals surface area contributed by atoms with Crippen LogP contribution in [0.1, 0.15) is 79.2 Å². The number of anilines is 1. The monoisotopic (exact) mass is 2190 g/mol. The Labute approximate surface area is 709 Å². The number of nitrogens with zero attached hydrogens (tertiary/aromatic N) is 4. The van der Waals surface area contributed by atoms with Gasteiger partial charge in [0, 0.05) is 322 Å². The molecular weight excluding hydrogens is 2140 g/mol. The molecule has 0 atom stereocenters. The molecule has 0 bridgehead atoms. The van der Waals surface area contributed by atoms with Crippen LogP contribution in [0.2, 0.25) is 0 Å². The third-order valence-electron chi connectivity index (χ3n) is 11.0. The van der Waals surface area contributed by atoms with Crippen molar-refractivity contribution in [3.63, 3.8) is 0 Å². The molecule has 10 rings (SSSR count). The standard InChI is InChI=1S/C13H13IN2S.C11H13IN2S.C11H14IN.C10H12IN.C7H6BrI.11V.Y/c14-11-3-1-2-10(8-11)9-16(12-4-5-12)13-15-6-7-17-13;12-9-3-1-2-8(6-9)7-14(11(13)15)10-4-5-10;1-13(11-5-6-11)8-9-3-2-4-10(12)7-9;11-9-3-1-2-8(6-9)7-12-10-4-5-10;8-5-6-2-1-3-7(9)4-6;;;;;;;;;;;;/h1-3,6-8,12H,4-5,9H2;1-3,6,10H,4-5,7H2,(H2,13,15);2-4,7,11H,5-6,8H2,1H3;1-3,6,10,12H,4-5,7H2;1-4H,5H2;;;;;;;;;;;;. The van der Waals surface area contributed by atoms with Gasteiger partial charge in [-0.3, -0.25) is 4.90 Å². The van der Waals surface area contributed by atoms with Gasteiger partial charge in [-0.1, -0.05) is 76.6 Å². The summed E-state index contributed by atoms with van der Waals surface area (Å²) in [5.74, 6) is 0. The van der Waals surface area contributed by atoms with Crippen molar-refractivity contribution < 1.29 is 237 Å². The number of nitrogens with two attached hydrogens (primary N) is 1. The summed E-state index contributed by atoms with van der Waals surface area (Å²) in [6, 6.07) is 46.0. The van der Waals surface area contributed by atoms with E-state index in [4.69, 9.17) is 18.0 Å². The van der Waals surface area contributed by atoms with Crippen LogP contribution in [0.3, 0.4) is 0 Å². The fourth-order valence-corrected chi connectivity index (χ4v) is 11.2. The first-order valence-electron chi connectivity index (χ1n) is 22.4. The Morgan fingerprint density at radius 3 is 1.27 bits per heavy atom. The summed E-state index contributed by atoms with van der Waals surface area (Å²) in [6.07, 6.45) is 12.5. The molecule has 1 heterocycles. The number of halogens is 6. The number of hydrogen-bond donors (Lipinski definition) is 2. The van der Waals surface area contributed by atoms with Crippen molar-refractivity contribution in [2.45, 2.75) is 107 Å². The van der Waals surface area contributed by atoms with E-state index in [1.807, 2.05) is 6.20 Å². The maximum Gasteiger partial charge on any atom is 0.185 e. The first-order valence-corrected chi connectivity index (χ1v) is 30.2. The molecule has 4 fully saturated rings. The number of nitrogens with one attached hydrogen (secondary N) is 1. The van der Waals surface area contributed by atoms with Crippen molar-refractivity contribution in [2.75, 3.05) is 11.9 Å². The predicted molar refractivity (Wildman–Crippen MR) is 329 cm³/mol. The van der Waals surface area contributed by atoms with Gasteiger partial charge in [-0.15, -0.1) is 11.3 Å². The van der Waals surface area contributed by atoms with Gasteiger partial charge in [0.25, 0.3) is 0 Å². The number of thiocarbonyl (C=S) groups is 1. The van der Waals surface area contributed by atoms with Crippen molar-refractivity contribution >= 4 is 163 Å².